The lowest BCUT2D eigenvalue weighted by molar-refractivity contribution is 0.0933. The molecule has 0 atom stereocenters. The molecule has 0 spiro atoms. The monoisotopic (exact) mass is 383 g/mol. The molecular formula is C22H29N3O3. The molecule has 1 heterocycles. The number of nitrogens with zero attached hydrogens (tertiary/aromatic N) is 2. The number of carbonyl (C=O) groups is 1. The van der Waals surface area contributed by atoms with Crippen LogP contribution in [0.4, 0.5) is 0 Å². The van der Waals surface area contributed by atoms with E-state index in [0.717, 1.165) is 39.3 Å². The van der Waals surface area contributed by atoms with Gasteiger partial charge in [-0.1, -0.05) is 30.3 Å². The average molecular weight is 383 g/mol. The van der Waals surface area contributed by atoms with Crippen molar-refractivity contribution in [3.8, 4) is 11.5 Å². The zero-order valence-corrected chi connectivity index (χ0v) is 16.7. The number of piperazine rings is 1. The Hall–Kier alpha value is -2.57. The number of benzene rings is 2. The summed E-state index contributed by atoms with van der Waals surface area (Å²) in [4.78, 5) is 17.3. The van der Waals surface area contributed by atoms with Crippen molar-refractivity contribution in [2.24, 2.45) is 0 Å². The Morgan fingerprint density at radius 2 is 1.61 bits per heavy atom. The summed E-state index contributed by atoms with van der Waals surface area (Å²) in [6, 6.07) is 15.8. The summed E-state index contributed by atoms with van der Waals surface area (Å²) in [5.74, 6) is 1.08. The lowest BCUT2D eigenvalue weighted by Crippen LogP contribution is -2.48. The van der Waals surface area contributed by atoms with Gasteiger partial charge in [-0.2, -0.15) is 0 Å². The van der Waals surface area contributed by atoms with Crippen LogP contribution in [0.25, 0.3) is 0 Å². The summed E-state index contributed by atoms with van der Waals surface area (Å²) in [6.45, 7) is 6.66. The molecule has 0 aromatic heterocycles. The lowest BCUT2D eigenvalue weighted by atomic mass is 10.2. The molecule has 6 nitrogen and oxygen atoms in total. The minimum absolute atomic E-state index is 0.0938. The number of carbonyl (C=O) groups excluding carboxylic acids is 1. The molecule has 1 N–H and O–H groups in total. The highest BCUT2D eigenvalue weighted by molar-refractivity contribution is 5.94. The lowest BCUT2D eigenvalue weighted by Gasteiger charge is -2.34. The zero-order valence-electron chi connectivity index (χ0n) is 16.7. The molecular weight excluding hydrogens is 354 g/mol. The van der Waals surface area contributed by atoms with Crippen LogP contribution in [0.2, 0.25) is 0 Å². The van der Waals surface area contributed by atoms with Crippen molar-refractivity contribution in [1.29, 1.82) is 0 Å². The minimum Gasteiger partial charge on any atom is -0.493 e. The maximum Gasteiger partial charge on any atom is 0.251 e. The summed E-state index contributed by atoms with van der Waals surface area (Å²) >= 11 is 0. The molecule has 0 aliphatic carbocycles. The van der Waals surface area contributed by atoms with E-state index in [1.807, 2.05) is 0 Å². The predicted octanol–water partition coefficient (Wildman–Crippen LogP) is 2.25. The first-order valence-corrected chi connectivity index (χ1v) is 9.68. The molecule has 1 aliphatic heterocycles. The van der Waals surface area contributed by atoms with Crippen LogP contribution in [0, 0.1) is 0 Å². The average Bonchev–Trinajstić information content (AvgIpc) is 2.75. The number of hydrogen-bond donors (Lipinski definition) is 1. The number of methoxy groups -OCH3 is 2. The van der Waals surface area contributed by atoms with Crippen LogP contribution in [0.1, 0.15) is 15.9 Å². The third kappa shape index (κ3) is 5.47. The van der Waals surface area contributed by atoms with E-state index >= 15 is 0 Å². The molecule has 3 rings (SSSR count). The van der Waals surface area contributed by atoms with Crippen LogP contribution < -0.4 is 14.8 Å². The van der Waals surface area contributed by atoms with E-state index in [9.17, 15) is 4.79 Å². The van der Waals surface area contributed by atoms with Gasteiger partial charge in [-0.05, 0) is 23.8 Å². The molecule has 0 radical (unpaired) electrons. The fraction of sp³-hybridized carbons (Fsp3) is 0.409. The summed E-state index contributed by atoms with van der Waals surface area (Å²) < 4.78 is 10.5. The van der Waals surface area contributed by atoms with Crippen molar-refractivity contribution in [2.45, 2.75) is 6.54 Å². The topological polar surface area (TPSA) is 54.0 Å². The quantitative estimate of drug-likeness (QED) is 0.758. The second-order valence-electron chi connectivity index (χ2n) is 6.93. The predicted molar refractivity (Wildman–Crippen MR) is 110 cm³/mol. The molecule has 0 unspecified atom stereocenters. The fourth-order valence-electron chi connectivity index (χ4n) is 3.42. The van der Waals surface area contributed by atoms with Crippen LogP contribution in [-0.2, 0) is 6.54 Å². The molecule has 150 valence electrons. The van der Waals surface area contributed by atoms with Gasteiger partial charge < -0.3 is 14.8 Å². The van der Waals surface area contributed by atoms with Gasteiger partial charge in [0.1, 0.15) is 0 Å². The first-order valence-electron chi connectivity index (χ1n) is 9.68. The SMILES string of the molecule is COc1ccc(C(=O)NCCN2CCN(Cc3ccccc3)CC2)cc1OC. The molecule has 1 saturated heterocycles. The third-order valence-electron chi connectivity index (χ3n) is 5.07. The van der Waals surface area contributed by atoms with Crippen LogP contribution in [0.3, 0.4) is 0 Å². The Labute approximate surface area is 167 Å². The maximum atomic E-state index is 12.4. The Morgan fingerprint density at radius 1 is 0.929 bits per heavy atom. The third-order valence-corrected chi connectivity index (χ3v) is 5.07. The van der Waals surface area contributed by atoms with E-state index in [1.54, 1.807) is 32.4 Å². The van der Waals surface area contributed by atoms with E-state index in [0.29, 0.717) is 23.6 Å². The van der Waals surface area contributed by atoms with Gasteiger partial charge in [-0.3, -0.25) is 14.6 Å². The highest BCUT2D eigenvalue weighted by Crippen LogP contribution is 2.27. The van der Waals surface area contributed by atoms with Gasteiger partial charge in [0.25, 0.3) is 5.91 Å². The van der Waals surface area contributed by atoms with Crippen LogP contribution in [-0.4, -0.2) is 69.2 Å². The summed E-state index contributed by atoms with van der Waals surface area (Å²) in [7, 11) is 3.15. The van der Waals surface area contributed by atoms with Crippen molar-refractivity contribution >= 4 is 5.91 Å². The number of rotatable bonds is 8. The molecule has 1 amide bonds. The van der Waals surface area contributed by atoms with E-state index < -0.39 is 0 Å². The Kier molecular flexibility index (Phi) is 7.28. The molecule has 1 aliphatic rings. The highest BCUT2D eigenvalue weighted by Gasteiger charge is 2.17. The number of amides is 1. The van der Waals surface area contributed by atoms with Crippen molar-refractivity contribution in [3.63, 3.8) is 0 Å². The van der Waals surface area contributed by atoms with Crippen molar-refractivity contribution < 1.29 is 14.3 Å². The van der Waals surface area contributed by atoms with Crippen molar-refractivity contribution in [2.75, 3.05) is 53.5 Å². The molecule has 1 fully saturated rings. The molecule has 0 saturated carbocycles. The van der Waals surface area contributed by atoms with Crippen LogP contribution in [0.5, 0.6) is 11.5 Å². The van der Waals surface area contributed by atoms with Gasteiger partial charge in [-0.25, -0.2) is 0 Å². The second kappa shape index (κ2) is 10.1. The zero-order chi connectivity index (χ0) is 19.8. The van der Waals surface area contributed by atoms with Gasteiger partial charge in [0, 0.05) is 51.4 Å². The Bertz CT molecular complexity index is 759. The molecule has 28 heavy (non-hydrogen) atoms. The first kappa shape index (κ1) is 20.2. The van der Waals surface area contributed by atoms with Crippen LogP contribution >= 0.6 is 0 Å². The first-order chi connectivity index (χ1) is 13.7. The number of hydrogen-bond acceptors (Lipinski definition) is 5. The minimum atomic E-state index is -0.0938. The van der Waals surface area contributed by atoms with Crippen LogP contribution in [0.15, 0.2) is 48.5 Å². The van der Waals surface area contributed by atoms with E-state index in [4.69, 9.17) is 9.47 Å². The fourth-order valence-corrected chi connectivity index (χ4v) is 3.42. The Morgan fingerprint density at radius 3 is 2.29 bits per heavy atom. The van der Waals surface area contributed by atoms with E-state index in [2.05, 4.69) is 45.4 Å². The summed E-state index contributed by atoms with van der Waals surface area (Å²) in [5.41, 5.74) is 1.93. The smallest absolute Gasteiger partial charge is 0.251 e. The number of ether oxygens (including phenoxy) is 2. The van der Waals surface area contributed by atoms with Crippen molar-refractivity contribution in [1.82, 2.24) is 15.1 Å². The summed E-state index contributed by atoms with van der Waals surface area (Å²) in [5, 5.41) is 3.00. The maximum absolute atomic E-state index is 12.4. The normalized spacial score (nSPS) is 15.2. The molecule has 0 bridgehead atoms. The standard InChI is InChI=1S/C22H29N3O3/c1-27-20-9-8-19(16-21(20)28-2)22(26)23-10-11-24-12-14-25(15-13-24)17-18-6-4-3-5-7-18/h3-9,16H,10-15,17H2,1-2H3,(H,23,26). The molecule has 2 aromatic carbocycles. The second-order valence-corrected chi connectivity index (χ2v) is 6.93. The van der Waals surface area contributed by atoms with Gasteiger partial charge in [0.2, 0.25) is 0 Å². The molecule has 2 aromatic rings. The number of nitrogens with one attached hydrogen (secondary N) is 1. The van der Waals surface area contributed by atoms with E-state index in [1.165, 1.54) is 5.56 Å². The van der Waals surface area contributed by atoms with Gasteiger partial charge >= 0.3 is 0 Å². The molecule has 6 heteroatoms. The summed E-state index contributed by atoms with van der Waals surface area (Å²) in [6.07, 6.45) is 0. The highest BCUT2D eigenvalue weighted by atomic mass is 16.5. The van der Waals surface area contributed by atoms with Crippen molar-refractivity contribution in [3.05, 3.63) is 59.7 Å². The largest absolute Gasteiger partial charge is 0.493 e. The van der Waals surface area contributed by atoms with E-state index in [-0.39, 0.29) is 5.91 Å². The van der Waals surface area contributed by atoms with Gasteiger partial charge in [0.15, 0.2) is 11.5 Å². The Balaban J connectivity index is 1.39. The van der Waals surface area contributed by atoms with Gasteiger partial charge in [0.05, 0.1) is 14.2 Å². The van der Waals surface area contributed by atoms with Gasteiger partial charge in [-0.15, -0.1) is 0 Å².